The number of carboxylic acids is 1. The first kappa shape index (κ1) is 14.0. The third kappa shape index (κ3) is 3.52. The van der Waals surface area contributed by atoms with Crippen LogP contribution in [-0.4, -0.2) is 21.0 Å². The van der Waals surface area contributed by atoms with Crippen LogP contribution in [-0.2, 0) is 4.79 Å². The molecule has 1 atom stereocenters. The molecule has 0 spiro atoms. The lowest BCUT2D eigenvalue weighted by atomic mass is 10.1. The monoisotopic (exact) mass is 272 g/mol. The lowest BCUT2D eigenvalue weighted by Gasteiger charge is -2.10. The molecule has 0 saturated heterocycles. The van der Waals surface area contributed by atoms with Crippen molar-refractivity contribution in [2.75, 3.05) is 5.32 Å². The number of aliphatic carboxylic acids is 1. The molecule has 6 heteroatoms. The SMILES string of the molecule is Cc1ccccc1Nc1ncc(C(N)CC(=O)O)cn1. The number of para-hydroxylation sites is 1. The van der Waals surface area contributed by atoms with E-state index in [2.05, 4.69) is 15.3 Å². The van der Waals surface area contributed by atoms with Gasteiger partial charge in [0.05, 0.1) is 6.42 Å². The van der Waals surface area contributed by atoms with E-state index in [4.69, 9.17) is 10.8 Å². The van der Waals surface area contributed by atoms with Crippen LogP contribution in [0.4, 0.5) is 11.6 Å². The predicted molar refractivity (Wildman–Crippen MR) is 75.7 cm³/mol. The van der Waals surface area contributed by atoms with Gasteiger partial charge in [-0.15, -0.1) is 0 Å². The zero-order valence-electron chi connectivity index (χ0n) is 11.1. The van der Waals surface area contributed by atoms with Crippen LogP contribution in [0.1, 0.15) is 23.6 Å². The third-order valence-corrected chi connectivity index (χ3v) is 2.89. The van der Waals surface area contributed by atoms with Crippen molar-refractivity contribution >= 4 is 17.6 Å². The molecule has 1 aromatic carbocycles. The van der Waals surface area contributed by atoms with Crippen molar-refractivity contribution in [3.8, 4) is 0 Å². The standard InChI is InChI=1S/C14H16N4O2/c1-9-4-2-3-5-12(9)18-14-16-7-10(8-17-14)11(15)6-13(19)20/h2-5,7-8,11H,6,15H2,1H3,(H,19,20)(H,16,17,18). The first-order valence-corrected chi connectivity index (χ1v) is 6.18. The zero-order chi connectivity index (χ0) is 14.5. The molecule has 0 aliphatic carbocycles. The Hall–Kier alpha value is -2.47. The highest BCUT2D eigenvalue weighted by molar-refractivity contribution is 5.67. The molecule has 0 radical (unpaired) electrons. The summed E-state index contributed by atoms with van der Waals surface area (Å²) in [6, 6.07) is 7.20. The number of benzene rings is 1. The van der Waals surface area contributed by atoms with Crippen LogP contribution < -0.4 is 11.1 Å². The zero-order valence-corrected chi connectivity index (χ0v) is 11.1. The van der Waals surface area contributed by atoms with Crippen molar-refractivity contribution in [3.63, 3.8) is 0 Å². The quantitative estimate of drug-likeness (QED) is 0.769. The molecule has 2 rings (SSSR count). The normalized spacial score (nSPS) is 11.9. The molecule has 20 heavy (non-hydrogen) atoms. The number of aryl methyl sites for hydroxylation is 1. The maximum Gasteiger partial charge on any atom is 0.305 e. The fourth-order valence-electron chi connectivity index (χ4n) is 1.73. The molecule has 0 aliphatic heterocycles. The van der Waals surface area contributed by atoms with Gasteiger partial charge in [0.1, 0.15) is 0 Å². The Morgan fingerprint density at radius 2 is 2.00 bits per heavy atom. The van der Waals surface area contributed by atoms with Gasteiger partial charge in [-0.05, 0) is 18.6 Å². The summed E-state index contributed by atoms with van der Waals surface area (Å²) in [7, 11) is 0. The van der Waals surface area contributed by atoms with E-state index in [1.807, 2.05) is 31.2 Å². The van der Waals surface area contributed by atoms with Gasteiger partial charge < -0.3 is 16.2 Å². The van der Waals surface area contributed by atoms with Crippen LogP contribution >= 0.6 is 0 Å². The van der Waals surface area contributed by atoms with Crippen molar-refractivity contribution in [1.29, 1.82) is 0 Å². The molecule has 4 N–H and O–H groups in total. The molecule has 0 amide bonds. The van der Waals surface area contributed by atoms with Crippen molar-refractivity contribution in [1.82, 2.24) is 9.97 Å². The van der Waals surface area contributed by atoms with E-state index in [1.165, 1.54) is 0 Å². The van der Waals surface area contributed by atoms with Crippen molar-refractivity contribution in [2.45, 2.75) is 19.4 Å². The number of nitrogens with two attached hydrogens (primary N) is 1. The van der Waals surface area contributed by atoms with Crippen LogP contribution in [0, 0.1) is 6.92 Å². The second-order valence-corrected chi connectivity index (χ2v) is 4.48. The Morgan fingerprint density at radius 3 is 2.60 bits per heavy atom. The molecule has 1 heterocycles. The highest BCUT2D eigenvalue weighted by Gasteiger charge is 2.11. The van der Waals surface area contributed by atoms with Crippen LogP contribution in [0.3, 0.4) is 0 Å². The minimum atomic E-state index is -0.945. The summed E-state index contributed by atoms with van der Waals surface area (Å²) < 4.78 is 0. The van der Waals surface area contributed by atoms with Gasteiger partial charge in [0, 0.05) is 29.7 Å². The van der Waals surface area contributed by atoms with Gasteiger partial charge in [-0.2, -0.15) is 0 Å². The Kier molecular flexibility index (Phi) is 4.27. The number of rotatable bonds is 5. The van der Waals surface area contributed by atoms with Gasteiger partial charge >= 0.3 is 5.97 Å². The molecule has 1 aromatic heterocycles. The highest BCUT2D eigenvalue weighted by Crippen LogP contribution is 2.18. The number of hydrogen-bond donors (Lipinski definition) is 3. The summed E-state index contributed by atoms with van der Waals surface area (Å²) in [6.45, 7) is 1.99. The molecule has 0 fully saturated rings. The van der Waals surface area contributed by atoms with E-state index >= 15 is 0 Å². The fourth-order valence-corrected chi connectivity index (χ4v) is 1.73. The average molecular weight is 272 g/mol. The first-order valence-electron chi connectivity index (χ1n) is 6.18. The molecule has 6 nitrogen and oxygen atoms in total. The summed E-state index contributed by atoms with van der Waals surface area (Å²) in [5.41, 5.74) is 8.35. The van der Waals surface area contributed by atoms with Gasteiger partial charge in [-0.1, -0.05) is 18.2 Å². The van der Waals surface area contributed by atoms with Crippen molar-refractivity contribution in [3.05, 3.63) is 47.8 Å². The second kappa shape index (κ2) is 6.12. The van der Waals surface area contributed by atoms with Crippen LogP contribution in [0.2, 0.25) is 0 Å². The van der Waals surface area contributed by atoms with Crippen molar-refractivity contribution < 1.29 is 9.90 Å². The van der Waals surface area contributed by atoms with E-state index in [0.29, 0.717) is 11.5 Å². The maximum atomic E-state index is 10.6. The van der Waals surface area contributed by atoms with E-state index in [9.17, 15) is 4.79 Å². The number of anilines is 2. The first-order chi connectivity index (χ1) is 9.56. The molecule has 0 aliphatic rings. The Bertz CT molecular complexity index is 598. The number of nitrogens with zero attached hydrogens (tertiary/aromatic N) is 2. The van der Waals surface area contributed by atoms with Crippen molar-refractivity contribution in [2.24, 2.45) is 5.73 Å². The van der Waals surface area contributed by atoms with E-state index in [-0.39, 0.29) is 6.42 Å². The molecule has 2 aromatic rings. The second-order valence-electron chi connectivity index (χ2n) is 4.48. The van der Waals surface area contributed by atoms with Gasteiger partial charge in [0.2, 0.25) is 5.95 Å². The van der Waals surface area contributed by atoms with Gasteiger partial charge in [0.25, 0.3) is 0 Å². The van der Waals surface area contributed by atoms with Crippen LogP contribution in [0.15, 0.2) is 36.7 Å². The molecular weight excluding hydrogens is 256 g/mol. The lowest BCUT2D eigenvalue weighted by Crippen LogP contribution is -2.15. The largest absolute Gasteiger partial charge is 0.481 e. The van der Waals surface area contributed by atoms with E-state index < -0.39 is 12.0 Å². The third-order valence-electron chi connectivity index (χ3n) is 2.89. The highest BCUT2D eigenvalue weighted by atomic mass is 16.4. The molecule has 0 bridgehead atoms. The summed E-state index contributed by atoms with van der Waals surface area (Å²) in [6.07, 6.45) is 2.94. The van der Waals surface area contributed by atoms with Gasteiger partial charge in [0.15, 0.2) is 0 Å². The Balaban J connectivity index is 2.09. The van der Waals surface area contributed by atoms with Gasteiger partial charge in [-0.3, -0.25) is 4.79 Å². The summed E-state index contributed by atoms with van der Waals surface area (Å²) >= 11 is 0. The molecular formula is C14H16N4O2. The Labute approximate surface area is 116 Å². The fraction of sp³-hybridized carbons (Fsp3) is 0.214. The smallest absolute Gasteiger partial charge is 0.305 e. The summed E-state index contributed by atoms with van der Waals surface area (Å²) in [5, 5.41) is 11.8. The summed E-state index contributed by atoms with van der Waals surface area (Å²) in [4.78, 5) is 18.9. The van der Waals surface area contributed by atoms with Gasteiger partial charge in [-0.25, -0.2) is 9.97 Å². The predicted octanol–water partition coefficient (Wildman–Crippen LogP) is 2.00. The number of carboxylic acid groups (broad SMARTS) is 1. The van der Waals surface area contributed by atoms with Crippen LogP contribution in [0.25, 0.3) is 0 Å². The average Bonchev–Trinajstić information content (AvgIpc) is 2.41. The molecule has 1 unspecified atom stereocenters. The number of hydrogen-bond acceptors (Lipinski definition) is 5. The minimum absolute atomic E-state index is 0.145. The summed E-state index contributed by atoms with van der Waals surface area (Å²) in [5.74, 6) is -0.495. The lowest BCUT2D eigenvalue weighted by molar-refractivity contribution is -0.137. The number of carbonyl (C=O) groups is 1. The number of nitrogens with one attached hydrogen (secondary N) is 1. The topological polar surface area (TPSA) is 101 Å². The Morgan fingerprint density at radius 1 is 1.35 bits per heavy atom. The minimum Gasteiger partial charge on any atom is -0.481 e. The molecule has 0 saturated carbocycles. The number of aromatic nitrogens is 2. The van der Waals surface area contributed by atoms with E-state index in [1.54, 1.807) is 12.4 Å². The van der Waals surface area contributed by atoms with E-state index in [0.717, 1.165) is 11.3 Å². The molecule has 104 valence electrons. The van der Waals surface area contributed by atoms with Crippen LogP contribution in [0.5, 0.6) is 0 Å². The maximum absolute atomic E-state index is 10.6.